The van der Waals surface area contributed by atoms with Gasteiger partial charge in [0.15, 0.2) is 0 Å². The zero-order valence-electron chi connectivity index (χ0n) is 7.71. The van der Waals surface area contributed by atoms with E-state index in [0.717, 1.165) is 24.9 Å². The quantitative estimate of drug-likeness (QED) is 0.682. The van der Waals surface area contributed by atoms with Crippen molar-refractivity contribution in [3.8, 4) is 6.07 Å². The van der Waals surface area contributed by atoms with Gasteiger partial charge in [0, 0.05) is 12.2 Å². The van der Waals surface area contributed by atoms with E-state index in [-0.39, 0.29) is 11.1 Å². The van der Waals surface area contributed by atoms with E-state index in [1.165, 1.54) is 0 Å². The van der Waals surface area contributed by atoms with E-state index in [9.17, 15) is 4.79 Å². The summed E-state index contributed by atoms with van der Waals surface area (Å²) in [4.78, 5) is 13.7. The first kappa shape index (κ1) is 8.97. The van der Waals surface area contributed by atoms with Gasteiger partial charge in [-0.3, -0.25) is 4.79 Å². The second-order valence-electron chi connectivity index (χ2n) is 3.44. The van der Waals surface area contributed by atoms with Gasteiger partial charge < -0.3 is 10.3 Å². The normalized spacial score (nSPS) is 20.6. The van der Waals surface area contributed by atoms with Crippen molar-refractivity contribution in [3.05, 3.63) is 33.7 Å². The highest BCUT2D eigenvalue weighted by atomic mass is 16.1. The van der Waals surface area contributed by atoms with Crippen molar-refractivity contribution in [2.45, 2.75) is 18.9 Å². The maximum absolute atomic E-state index is 11.1. The minimum absolute atomic E-state index is 0.191. The van der Waals surface area contributed by atoms with Crippen molar-refractivity contribution in [2.75, 3.05) is 6.54 Å². The zero-order chi connectivity index (χ0) is 9.97. The first-order chi connectivity index (χ1) is 6.81. The Kier molecular flexibility index (Phi) is 2.33. The Morgan fingerprint density at radius 3 is 3.07 bits per heavy atom. The fourth-order valence-electron chi connectivity index (χ4n) is 1.75. The molecule has 4 heteroatoms. The summed E-state index contributed by atoms with van der Waals surface area (Å²) >= 11 is 0. The van der Waals surface area contributed by atoms with E-state index >= 15 is 0 Å². The van der Waals surface area contributed by atoms with Crippen LogP contribution in [0.3, 0.4) is 0 Å². The standard InChI is InChI=1S/C10H11N3O/c11-5-7-4-8(6-13-10(7)14)9-2-1-3-12-9/h4,6,9,12H,1-3H2,(H,13,14). The summed E-state index contributed by atoms with van der Waals surface area (Å²) in [5, 5.41) is 12.0. The Morgan fingerprint density at radius 2 is 2.43 bits per heavy atom. The molecule has 14 heavy (non-hydrogen) atoms. The Labute approximate surface area is 81.6 Å². The number of rotatable bonds is 1. The number of nitrogens with one attached hydrogen (secondary N) is 2. The minimum atomic E-state index is -0.311. The van der Waals surface area contributed by atoms with Gasteiger partial charge in [0.05, 0.1) is 0 Å². The number of pyridine rings is 1. The lowest BCUT2D eigenvalue weighted by atomic mass is 10.1. The minimum Gasteiger partial charge on any atom is -0.328 e. The predicted octanol–water partition coefficient (Wildman–Crippen LogP) is 0.671. The van der Waals surface area contributed by atoms with Crippen LogP contribution in [0.15, 0.2) is 17.1 Å². The molecule has 0 aliphatic carbocycles. The second kappa shape index (κ2) is 3.64. The maximum atomic E-state index is 11.1. The average molecular weight is 189 g/mol. The van der Waals surface area contributed by atoms with E-state index in [4.69, 9.17) is 5.26 Å². The molecule has 0 spiro atoms. The van der Waals surface area contributed by atoms with Gasteiger partial charge in [-0.15, -0.1) is 0 Å². The molecular weight excluding hydrogens is 178 g/mol. The molecule has 0 saturated carbocycles. The van der Waals surface area contributed by atoms with Crippen LogP contribution in [0.5, 0.6) is 0 Å². The van der Waals surface area contributed by atoms with Gasteiger partial charge in [0.2, 0.25) is 0 Å². The Bertz CT molecular complexity index is 424. The Morgan fingerprint density at radius 1 is 1.57 bits per heavy atom. The van der Waals surface area contributed by atoms with Crippen LogP contribution in [0.2, 0.25) is 0 Å². The van der Waals surface area contributed by atoms with E-state index in [2.05, 4.69) is 10.3 Å². The fourth-order valence-corrected chi connectivity index (χ4v) is 1.75. The molecule has 0 amide bonds. The van der Waals surface area contributed by atoms with E-state index < -0.39 is 0 Å². The molecule has 1 fully saturated rings. The van der Waals surface area contributed by atoms with Crippen LogP contribution >= 0.6 is 0 Å². The van der Waals surface area contributed by atoms with Crippen LogP contribution in [-0.2, 0) is 0 Å². The second-order valence-corrected chi connectivity index (χ2v) is 3.44. The molecule has 4 nitrogen and oxygen atoms in total. The smallest absolute Gasteiger partial charge is 0.265 e. The highest BCUT2D eigenvalue weighted by Crippen LogP contribution is 2.21. The first-order valence-electron chi connectivity index (χ1n) is 4.67. The summed E-state index contributed by atoms with van der Waals surface area (Å²) in [6, 6.07) is 3.85. The number of nitrogens with zero attached hydrogens (tertiary/aromatic N) is 1. The SMILES string of the molecule is N#Cc1cc(C2CCCN2)c[nH]c1=O. The Balaban J connectivity index is 2.36. The van der Waals surface area contributed by atoms with Crippen LogP contribution < -0.4 is 10.9 Å². The highest BCUT2D eigenvalue weighted by molar-refractivity contribution is 5.30. The van der Waals surface area contributed by atoms with Crippen molar-refractivity contribution >= 4 is 0 Å². The van der Waals surface area contributed by atoms with Crippen molar-refractivity contribution in [3.63, 3.8) is 0 Å². The topological polar surface area (TPSA) is 68.7 Å². The number of aromatic amines is 1. The van der Waals surface area contributed by atoms with Crippen molar-refractivity contribution in [1.82, 2.24) is 10.3 Å². The molecule has 1 aromatic rings. The third kappa shape index (κ3) is 1.54. The summed E-state index contributed by atoms with van der Waals surface area (Å²) in [5.41, 5.74) is 0.879. The molecule has 0 bridgehead atoms. The number of nitriles is 1. The summed E-state index contributed by atoms with van der Waals surface area (Å²) in [6.45, 7) is 1.01. The van der Waals surface area contributed by atoms with Gasteiger partial charge in [-0.1, -0.05) is 0 Å². The monoisotopic (exact) mass is 189 g/mol. The molecule has 1 saturated heterocycles. The molecule has 1 aliphatic rings. The molecule has 0 aromatic carbocycles. The lowest BCUT2D eigenvalue weighted by molar-refractivity contribution is 0.644. The molecule has 2 heterocycles. The molecule has 1 atom stereocenters. The first-order valence-corrected chi connectivity index (χ1v) is 4.67. The van der Waals surface area contributed by atoms with Crippen LogP contribution in [0.1, 0.15) is 30.0 Å². The van der Waals surface area contributed by atoms with Crippen LogP contribution in [0.4, 0.5) is 0 Å². The van der Waals surface area contributed by atoms with Crippen molar-refractivity contribution in [1.29, 1.82) is 5.26 Å². The van der Waals surface area contributed by atoms with Crippen molar-refractivity contribution in [2.24, 2.45) is 0 Å². The number of H-pyrrole nitrogens is 1. The number of aromatic nitrogens is 1. The third-order valence-electron chi connectivity index (χ3n) is 2.51. The van der Waals surface area contributed by atoms with E-state index in [1.54, 1.807) is 12.3 Å². The summed E-state index contributed by atoms with van der Waals surface area (Å²) in [6.07, 6.45) is 3.90. The molecule has 2 rings (SSSR count). The summed E-state index contributed by atoms with van der Waals surface area (Å²) in [7, 11) is 0. The molecular formula is C10H11N3O. The van der Waals surface area contributed by atoms with Gasteiger partial charge in [0.25, 0.3) is 5.56 Å². The molecule has 0 radical (unpaired) electrons. The Hall–Kier alpha value is -1.60. The molecule has 1 aliphatic heterocycles. The van der Waals surface area contributed by atoms with E-state index in [1.807, 2.05) is 6.07 Å². The third-order valence-corrected chi connectivity index (χ3v) is 2.51. The number of hydrogen-bond acceptors (Lipinski definition) is 3. The largest absolute Gasteiger partial charge is 0.328 e. The van der Waals surface area contributed by atoms with Crippen LogP contribution in [0.25, 0.3) is 0 Å². The maximum Gasteiger partial charge on any atom is 0.265 e. The fraction of sp³-hybridized carbons (Fsp3) is 0.400. The van der Waals surface area contributed by atoms with Gasteiger partial charge in [-0.05, 0) is 31.0 Å². The van der Waals surface area contributed by atoms with Crippen LogP contribution in [0, 0.1) is 11.3 Å². The molecule has 72 valence electrons. The molecule has 2 N–H and O–H groups in total. The lowest BCUT2D eigenvalue weighted by Gasteiger charge is -2.09. The molecule has 1 aromatic heterocycles. The lowest BCUT2D eigenvalue weighted by Crippen LogP contribution is -2.16. The predicted molar refractivity (Wildman–Crippen MR) is 51.8 cm³/mol. The summed E-state index contributed by atoms with van der Waals surface area (Å²) in [5.74, 6) is 0. The van der Waals surface area contributed by atoms with Gasteiger partial charge in [-0.2, -0.15) is 5.26 Å². The highest BCUT2D eigenvalue weighted by Gasteiger charge is 2.16. The average Bonchev–Trinajstić information content (AvgIpc) is 2.71. The zero-order valence-corrected chi connectivity index (χ0v) is 7.71. The van der Waals surface area contributed by atoms with E-state index in [0.29, 0.717) is 6.04 Å². The van der Waals surface area contributed by atoms with Gasteiger partial charge in [0.1, 0.15) is 11.6 Å². The summed E-state index contributed by atoms with van der Waals surface area (Å²) < 4.78 is 0. The number of hydrogen-bond donors (Lipinski definition) is 2. The van der Waals surface area contributed by atoms with Crippen molar-refractivity contribution < 1.29 is 0 Å². The van der Waals surface area contributed by atoms with Gasteiger partial charge >= 0.3 is 0 Å². The van der Waals surface area contributed by atoms with Crippen LogP contribution in [-0.4, -0.2) is 11.5 Å². The molecule has 1 unspecified atom stereocenters. The van der Waals surface area contributed by atoms with Gasteiger partial charge in [-0.25, -0.2) is 0 Å².